The first-order valence-corrected chi connectivity index (χ1v) is 23.6. The van der Waals surface area contributed by atoms with E-state index in [0.29, 0.717) is 12.6 Å². The first-order valence-electron chi connectivity index (χ1n) is 22.0. The van der Waals surface area contributed by atoms with E-state index in [1.165, 1.54) is 65.5 Å². The molecule has 376 valence electrons. The summed E-state index contributed by atoms with van der Waals surface area (Å²) in [6, 6.07) is 24.8. The van der Waals surface area contributed by atoms with Crippen LogP contribution in [0.4, 0.5) is 9.59 Å². The fourth-order valence-electron chi connectivity index (χ4n) is 8.42. The van der Waals surface area contributed by atoms with Gasteiger partial charge >= 0.3 is 18.2 Å². The van der Waals surface area contributed by atoms with Crippen molar-refractivity contribution in [1.82, 2.24) is 20.9 Å². The van der Waals surface area contributed by atoms with Gasteiger partial charge in [0.1, 0.15) is 12.1 Å². The summed E-state index contributed by atoms with van der Waals surface area (Å²) in [5, 5.41) is 22.0. The van der Waals surface area contributed by atoms with Crippen LogP contribution in [0.3, 0.4) is 0 Å². The molecule has 0 saturated carbocycles. The van der Waals surface area contributed by atoms with Gasteiger partial charge in [-0.25, -0.2) is 14.4 Å². The van der Waals surface area contributed by atoms with Gasteiger partial charge in [0, 0.05) is 58.2 Å². The van der Waals surface area contributed by atoms with E-state index in [4.69, 9.17) is 14.8 Å². The third-order valence-corrected chi connectivity index (χ3v) is 13.0. The summed E-state index contributed by atoms with van der Waals surface area (Å²) in [5.74, 6) is -1.34. The highest BCUT2D eigenvalue weighted by atomic mass is 79.9. The fourth-order valence-corrected chi connectivity index (χ4v) is 9.18. The lowest BCUT2D eigenvalue weighted by atomic mass is 9.96. The number of ether oxygens (including phenoxy) is 2. The normalized spacial score (nSPS) is 17.6. The van der Waals surface area contributed by atoms with Gasteiger partial charge in [0.25, 0.3) is 0 Å². The Balaban J connectivity index is 0.000000382. The van der Waals surface area contributed by atoms with Crippen LogP contribution < -0.4 is 16.0 Å². The number of likely N-dealkylation sites (tertiary alicyclic amines) is 1. The summed E-state index contributed by atoms with van der Waals surface area (Å²) in [6.07, 6.45) is 8.70. The lowest BCUT2D eigenvalue weighted by molar-refractivity contribution is -0.140. The molecule has 2 fully saturated rings. The molecule has 4 heterocycles. The van der Waals surface area contributed by atoms with E-state index in [1.807, 2.05) is 31.0 Å². The van der Waals surface area contributed by atoms with E-state index in [-0.39, 0.29) is 77.8 Å². The number of rotatable bonds is 10. The number of benzene rings is 4. The number of carboxylic acids is 1. The Morgan fingerprint density at radius 3 is 1.59 bits per heavy atom. The molecule has 2 saturated heterocycles. The van der Waals surface area contributed by atoms with Crippen LogP contribution in [-0.4, -0.2) is 97.0 Å². The third-order valence-electron chi connectivity index (χ3n) is 12.0. The van der Waals surface area contributed by atoms with Crippen molar-refractivity contribution in [2.45, 2.75) is 90.4 Å². The third kappa shape index (κ3) is 16.3. The molecule has 69 heavy (non-hydrogen) atoms. The summed E-state index contributed by atoms with van der Waals surface area (Å²) in [7, 11) is 2.50. The van der Waals surface area contributed by atoms with Crippen molar-refractivity contribution in [3.05, 3.63) is 105 Å². The van der Waals surface area contributed by atoms with Gasteiger partial charge in [-0.15, -0.1) is 0 Å². The van der Waals surface area contributed by atoms with Crippen molar-refractivity contribution in [3.8, 4) is 0 Å². The van der Waals surface area contributed by atoms with E-state index >= 15 is 0 Å². The molecule has 19 heteroatoms. The predicted octanol–water partition coefficient (Wildman–Crippen LogP) is 10.6. The first kappa shape index (κ1) is 61.1. The number of carbonyl (C=O) groups is 4. The van der Waals surface area contributed by atoms with Gasteiger partial charge < -0.3 is 35.4 Å². The molecule has 4 aromatic carbocycles. The Labute approximate surface area is 450 Å². The number of alkyl carbamates (subject to hydrolysis) is 2. The molecule has 8 rings (SSSR count). The van der Waals surface area contributed by atoms with E-state index in [1.54, 1.807) is 13.8 Å². The molecule has 0 aromatic heterocycles. The highest BCUT2D eigenvalue weighted by Gasteiger charge is 2.38. The van der Waals surface area contributed by atoms with Gasteiger partial charge in [0.2, 0.25) is 5.91 Å². The number of nitrogens with one attached hydrogen (secondary N) is 3. The number of aliphatic carboxylic acids is 1. The minimum Gasteiger partial charge on any atom is -0.480 e. The van der Waals surface area contributed by atoms with Crippen LogP contribution in [0.15, 0.2) is 104 Å². The van der Waals surface area contributed by atoms with Crippen molar-refractivity contribution in [1.29, 1.82) is 0 Å². The Morgan fingerprint density at radius 2 is 1.13 bits per heavy atom. The monoisotopic (exact) mass is 1150 g/mol. The molecule has 4 N–H and O–H groups in total. The van der Waals surface area contributed by atoms with Gasteiger partial charge in [0.15, 0.2) is 0 Å². The molecule has 0 aliphatic carbocycles. The number of carboxylic acid groups (broad SMARTS) is 1. The number of carbonyl (C=O) groups excluding carboxylic acids is 3. The number of allylic oxidation sites excluding steroid dienone is 2. The number of hydrogen-bond acceptors (Lipinski definition) is 9. The maximum absolute atomic E-state index is 13.3. The first-order chi connectivity index (χ1) is 31.1. The predicted molar refractivity (Wildman–Crippen MR) is 307 cm³/mol. The average Bonchev–Trinajstić information content (AvgIpc) is 4.15. The zero-order valence-electron chi connectivity index (χ0n) is 39.7. The maximum Gasteiger partial charge on any atom is 0.407 e. The summed E-state index contributed by atoms with van der Waals surface area (Å²) in [6.45, 7) is 9.06. The summed E-state index contributed by atoms with van der Waals surface area (Å²) >= 11 is 7.05. The molecule has 4 aliphatic rings. The van der Waals surface area contributed by atoms with Gasteiger partial charge in [-0.1, -0.05) is 96.0 Å². The van der Waals surface area contributed by atoms with Crippen LogP contribution in [0.25, 0.3) is 32.7 Å². The van der Waals surface area contributed by atoms with E-state index in [0.717, 1.165) is 58.0 Å². The van der Waals surface area contributed by atoms with Gasteiger partial charge in [-0.3, -0.25) is 14.8 Å². The van der Waals surface area contributed by atoms with E-state index < -0.39 is 30.2 Å². The van der Waals surface area contributed by atoms with Crippen molar-refractivity contribution in [3.63, 3.8) is 0 Å². The van der Waals surface area contributed by atoms with Crippen LogP contribution in [-0.2, 0) is 19.1 Å². The molecule has 0 spiro atoms. The maximum atomic E-state index is 13.3. The van der Waals surface area contributed by atoms with Gasteiger partial charge in [-0.2, -0.15) is 54.0 Å². The molecular weight excluding hydrogens is 1080 g/mol. The van der Waals surface area contributed by atoms with Crippen LogP contribution in [0, 0.1) is 11.8 Å². The van der Waals surface area contributed by atoms with E-state index in [9.17, 15) is 19.2 Å². The molecule has 4 aliphatic heterocycles. The van der Waals surface area contributed by atoms with Crippen molar-refractivity contribution >= 4 is 154 Å². The Bertz CT molecular complexity index is 2550. The zero-order valence-corrected chi connectivity index (χ0v) is 46.9. The summed E-state index contributed by atoms with van der Waals surface area (Å²) in [5.41, 5.74) is 7.27. The number of fused-ring (bicyclic) bond motifs is 2. The van der Waals surface area contributed by atoms with Crippen LogP contribution in [0.1, 0.15) is 77.3 Å². The van der Waals surface area contributed by atoms with Crippen molar-refractivity contribution in [2.75, 3.05) is 27.3 Å². The van der Waals surface area contributed by atoms with Crippen LogP contribution >= 0.6 is 85.8 Å². The minimum atomic E-state index is -1.06. The molecule has 0 radical (unpaired) electrons. The second kappa shape index (κ2) is 28.8. The molecule has 0 bridgehead atoms. The van der Waals surface area contributed by atoms with Crippen molar-refractivity contribution < 1.29 is 33.8 Å². The summed E-state index contributed by atoms with van der Waals surface area (Å²) in [4.78, 5) is 57.5. The average molecular weight is 1150 g/mol. The van der Waals surface area contributed by atoms with Crippen molar-refractivity contribution in [2.24, 2.45) is 21.8 Å². The number of amides is 3. The summed E-state index contributed by atoms with van der Waals surface area (Å²) < 4.78 is 11.2. The van der Waals surface area contributed by atoms with Gasteiger partial charge in [-0.05, 0) is 124 Å². The SMILES string of the molecule is Brc1ccc2cc(C3=CN=C([C@@H]4CCCN4)C3)ccc2c1.COC(=O)N[C@H](C(=O)N1CCC[C@H]1C1=NC=C(c2ccc3cc(Br)ccc3c2)C1)C(C)C.COC(=O)N[C@H](C(=O)O)C(C)C.S.S.S.S. The quantitative estimate of drug-likeness (QED) is 0.122. The Morgan fingerprint density at radius 1 is 0.667 bits per heavy atom. The number of aliphatic imine (C=N–C) groups is 2. The Hall–Kier alpha value is -3.98. The molecule has 3 amide bonds. The molecule has 0 unspecified atom stereocenters. The molecule has 13 nitrogen and oxygen atoms in total. The zero-order chi connectivity index (χ0) is 46.8. The highest BCUT2D eigenvalue weighted by molar-refractivity contribution is 9.10. The number of halogens is 2. The standard InChI is InChI=1S/C25H28BrN3O3.C18H17BrN2.C7H13NO4.4H2S/c1-15(2)23(28-25(31)32-3)24(30)29-10-4-5-22(29)21-13-19(14-27-21)17-6-7-18-12-20(26)9-8-16(18)11-17;19-16-6-5-12-8-13(3-4-14(12)9-16)15-10-18(21-11-15)17-2-1-7-20-17;1-4(2)5(6(9)10)8-7(11)12-3;;;;/h6-9,11-12,14-15,22-23H,4-5,10,13H2,1-3H3,(H,28,31);3-6,8-9,11,17,20H,1-2,7,10H2;4-5H,1-3H3,(H,8,11)(H,9,10);4*1H2/t22-,23-;17-;5-;;;;/m000..../s1. The number of hydrogen-bond donors (Lipinski definition) is 4. The Kier molecular flexibility index (Phi) is 25.5. The molecular formula is C50H66Br2N6O7S4. The van der Waals surface area contributed by atoms with Gasteiger partial charge in [0.05, 0.1) is 20.3 Å². The number of nitrogens with zero attached hydrogens (tertiary/aromatic N) is 3. The van der Waals surface area contributed by atoms with E-state index in [2.05, 4.69) is 130 Å². The molecule has 4 aromatic rings. The van der Waals surface area contributed by atoms with Crippen LogP contribution in [0.5, 0.6) is 0 Å². The van der Waals surface area contributed by atoms with Crippen LogP contribution in [0.2, 0.25) is 0 Å². The second-order valence-electron chi connectivity index (χ2n) is 17.2. The topological polar surface area (TPSA) is 171 Å². The highest BCUT2D eigenvalue weighted by Crippen LogP contribution is 2.33. The number of methoxy groups -OCH3 is 2. The lowest BCUT2D eigenvalue weighted by Crippen LogP contribution is -2.53. The minimum absolute atomic E-state index is 0. The largest absolute Gasteiger partial charge is 0.480 e. The molecule has 4 atom stereocenters. The second-order valence-corrected chi connectivity index (χ2v) is 19.0. The fraction of sp³-hybridized carbons (Fsp3) is 0.400. The lowest BCUT2D eigenvalue weighted by Gasteiger charge is -2.31. The smallest absolute Gasteiger partial charge is 0.407 e.